The molecule has 0 aliphatic rings. The van der Waals surface area contributed by atoms with Crippen LogP contribution in [0.4, 0.5) is 4.79 Å². The number of ether oxygens (including phenoxy) is 2. The Bertz CT molecular complexity index is 1620. The van der Waals surface area contributed by atoms with Crippen LogP contribution in [0.3, 0.4) is 0 Å². The molecular weight excluding hydrogens is 466 g/mol. The van der Waals surface area contributed by atoms with Crippen LogP contribution in [-0.4, -0.2) is 39.1 Å². The molecule has 0 saturated heterocycles. The van der Waals surface area contributed by atoms with Gasteiger partial charge in [0, 0.05) is 47.6 Å². The van der Waals surface area contributed by atoms with E-state index in [1.807, 2.05) is 19.9 Å². The van der Waals surface area contributed by atoms with Gasteiger partial charge in [-0.3, -0.25) is 0 Å². The van der Waals surface area contributed by atoms with Crippen LogP contribution in [-0.2, 0) is 17.8 Å². The molecule has 3 aromatic carbocycles. The third-order valence-electron chi connectivity index (χ3n) is 6.58. The van der Waals surface area contributed by atoms with Gasteiger partial charge in [-0.05, 0) is 62.7 Å². The van der Waals surface area contributed by atoms with Crippen molar-refractivity contribution in [3.63, 3.8) is 0 Å². The van der Waals surface area contributed by atoms with Crippen LogP contribution in [0.25, 0.3) is 44.2 Å². The highest BCUT2D eigenvalue weighted by molar-refractivity contribution is 6.38. The van der Waals surface area contributed by atoms with Crippen LogP contribution < -0.4 is 4.74 Å². The van der Waals surface area contributed by atoms with Gasteiger partial charge in [0.25, 0.3) is 0 Å². The van der Waals surface area contributed by atoms with Gasteiger partial charge < -0.3 is 23.7 Å². The lowest BCUT2D eigenvalue weighted by Crippen LogP contribution is -2.06. The Morgan fingerprint density at radius 2 is 1.80 bits per heavy atom. The van der Waals surface area contributed by atoms with Crippen molar-refractivity contribution in [3.8, 4) is 17.1 Å². The molecule has 0 spiro atoms. The van der Waals surface area contributed by atoms with Crippen LogP contribution in [0.15, 0.2) is 42.5 Å². The number of halogens is 1. The van der Waals surface area contributed by atoms with E-state index in [9.17, 15) is 4.79 Å². The molecule has 0 unspecified atom stereocenters. The predicted molar refractivity (Wildman–Crippen MR) is 139 cm³/mol. The van der Waals surface area contributed by atoms with Crippen molar-refractivity contribution < 1.29 is 19.4 Å². The molecule has 0 aliphatic heterocycles. The molecule has 0 atom stereocenters. The fourth-order valence-corrected chi connectivity index (χ4v) is 5.13. The molecule has 1 N–H and O–H groups in total. The summed E-state index contributed by atoms with van der Waals surface area (Å²) < 4.78 is 14.7. The minimum atomic E-state index is -1.35. The summed E-state index contributed by atoms with van der Waals surface area (Å²) in [4.78, 5) is 16.1. The van der Waals surface area contributed by atoms with Crippen LogP contribution >= 0.6 is 11.6 Å². The van der Waals surface area contributed by atoms with Crippen molar-refractivity contribution in [1.29, 1.82) is 0 Å². The molecule has 0 bridgehead atoms. The van der Waals surface area contributed by atoms with E-state index in [1.54, 1.807) is 13.2 Å². The van der Waals surface area contributed by atoms with Gasteiger partial charge >= 0.3 is 6.16 Å². The normalized spacial score (nSPS) is 11.7. The van der Waals surface area contributed by atoms with Crippen molar-refractivity contribution in [3.05, 3.63) is 58.6 Å². The third kappa shape index (κ3) is 3.72. The molecule has 35 heavy (non-hydrogen) atoms. The largest absolute Gasteiger partial charge is 0.511 e. The van der Waals surface area contributed by atoms with Crippen molar-refractivity contribution in [2.24, 2.45) is 0 Å². The Morgan fingerprint density at radius 1 is 1.06 bits per heavy atom. The number of nitrogens with zero attached hydrogens (tertiary/aromatic N) is 3. The van der Waals surface area contributed by atoms with E-state index in [1.165, 1.54) is 0 Å². The lowest BCUT2D eigenvalue weighted by atomic mass is 10.1. The van der Waals surface area contributed by atoms with Gasteiger partial charge in [0.2, 0.25) is 0 Å². The number of fused-ring (bicyclic) bond motifs is 4. The quantitative estimate of drug-likeness (QED) is 0.208. The maximum atomic E-state index is 11.1. The lowest BCUT2D eigenvalue weighted by molar-refractivity contribution is 0.144. The summed E-state index contributed by atoms with van der Waals surface area (Å²) in [6.07, 6.45) is -1.35. The Balaban J connectivity index is 1.78. The summed E-state index contributed by atoms with van der Waals surface area (Å²) in [5.41, 5.74) is 6.45. The number of hydrogen-bond donors (Lipinski definition) is 1. The summed E-state index contributed by atoms with van der Waals surface area (Å²) in [6, 6.07) is 14.0. The number of benzene rings is 3. The van der Waals surface area contributed by atoms with E-state index in [2.05, 4.69) is 46.4 Å². The molecule has 7 nitrogen and oxygen atoms in total. The average molecular weight is 492 g/mol. The van der Waals surface area contributed by atoms with E-state index in [0.29, 0.717) is 24.2 Å². The molecule has 180 valence electrons. The SMILES string of the molecule is CCn1c2ccc(-c3nc4c(C)c(OC(=O)O)ccc4n3CCOC)cc2c2c(Cl)c(C)ccc21. The number of methoxy groups -OCH3 is 1. The monoisotopic (exact) mass is 491 g/mol. The number of imidazole rings is 1. The first kappa shape index (κ1) is 23.2. The zero-order chi connectivity index (χ0) is 24.9. The predicted octanol–water partition coefficient (Wildman–Crippen LogP) is 6.80. The Labute approximate surface area is 207 Å². The van der Waals surface area contributed by atoms with Crippen LogP contribution in [0.2, 0.25) is 5.02 Å². The topological polar surface area (TPSA) is 78.5 Å². The molecule has 2 heterocycles. The van der Waals surface area contributed by atoms with Crippen molar-refractivity contribution in [1.82, 2.24) is 14.1 Å². The maximum Gasteiger partial charge on any atom is 0.511 e. The molecule has 5 rings (SSSR count). The summed E-state index contributed by atoms with van der Waals surface area (Å²) in [5, 5.41) is 12.0. The van der Waals surface area contributed by atoms with Crippen molar-refractivity contribution in [2.45, 2.75) is 33.9 Å². The number of hydrogen-bond acceptors (Lipinski definition) is 4. The zero-order valence-corrected chi connectivity index (χ0v) is 20.8. The lowest BCUT2D eigenvalue weighted by Gasteiger charge is -2.10. The molecular formula is C27H26ClN3O4. The van der Waals surface area contributed by atoms with Gasteiger partial charge in [-0.1, -0.05) is 17.7 Å². The second-order valence-corrected chi connectivity index (χ2v) is 8.95. The summed E-state index contributed by atoms with van der Waals surface area (Å²) in [5.74, 6) is 1.05. The summed E-state index contributed by atoms with van der Waals surface area (Å²) >= 11 is 6.80. The molecule has 0 amide bonds. The first-order chi connectivity index (χ1) is 16.8. The molecule has 0 fully saturated rings. The number of aryl methyl sites for hydroxylation is 3. The molecule has 0 saturated carbocycles. The number of aromatic nitrogens is 3. The van der Waals surface area contributed by atoms with Crippen molar-refractivity contribution in [2.75, 3.05) is 13.7 Å². The smallest absolute Gasteiger partial charge is 0.449 e. The Hall–Kier alpha value is -3.55. The minimum absolute atomic E-state index is 0.275. The highest BCUT2D eigenvalue weighted by Crippen LogP contribution is 2.39. The molecule has 0 aliphatic carbocycles. The first-order valence-corrected chi connectivity index (χ1v) is 11.8. The molecule has 0 radical (unpaired) electrons. The second kappa shape index (κ2) is 8.91. The highest BCUT2D eigenvalue weighted by Gasteiger charge is 2.20. The molecule has 2 aromatic heterocycles. The fraction of sp³-hybridized carbons (Fsp3) is 0.259. The van der Waals surface area contributed by atoms with Crippen molar-refractivity contribution >= 4 is 50.6 Å². The van der Waals surface area contributed by atoms with Gasteiger partial charge in [-0.2, -0.15) is 0 Å². The Morgan fingerprint density at radius 3 is 2.51 bits per heavy atom. The van der Waals surface area contributed by atoms with E-state index in [4.69, 9.17) is 31.2 Å². The van der Waals surface area contributed by atoms with Crippen LogP contribution in [0, 0.1) is 13.8 Å². The van der Waals surface area contributed by atoms with E-state index < -0.39 is 6.16 Å². The zero-order valence-electron chi connectivity index (χ0n) is 20.1. The van der Waals surface area contributed by atoms with Gasteiger partial charge in [-0.25, -0.2) is 9.78 Å². The maximum absolute atomic E-state index is 11.1. The second-order valence-electron chi connectivity index (χ2n) is 8.57. The molecule has 5 aromatic rings. The van der Waals surface area contributed by atoms with Gasteiger partial charge in [0.1, 0.15) is 11.6 Å². The Kier molecular flexibility index (Phi) is 5.91. The number of carbonyl (C=O) groups is 1. The van der Waals surface area contributed by atoms with E-state index in [-0.39, 0.29) is 5.75 Å². The van der Waals surface area contributed by atoms with E-state index >= 15 is 0 Å². The van der Waals surface area contributed by atoms with Crippen LogP contribution in [0.5, 0.6) is 5.75 Å². The highest BCUT2D eigenvalue weighted by atomic mass is 35.5. The van der Waals surface area contributed by atoms with Crippen LogP contribution in [0.1, 0.15) is 18.1 Å². The minimum Gasteiger partial charge on any atom is -0.449 e. The van der Waals surface area contributed by atoms with Gasteiger partial charge in [0.05, 0.1) is 28.2 Å². The standard InChI is InChI=1S/C27H26ClN3O4/c1-5-30-19-9-7-17(14-18(19)23-20(30)8-6-15(2)24(23)28)26-29-25-16(3)22(35-27(32)33)11-10-21(25)31(26)12-13-34-4/h6-11,14H,5,12-13H2,1-4H3,(H,32,33). The number of carboxylic acid groups (broad SMARTS) is 1. The molecule has 8 heteroatoms. The summed E-state index contributed by atoms with van der Waals surface area (Å²) in [7, 11) is 1.67. The first-order valence-electron chi connectivity index (χ1n) is 11.5. The van der Waals surface area contributed by atoms with E-state index in [0.717, 1.165) is 55.8 Å². The average Bonchev–Trinajstić information content (AvgIpc) is 3.37. The third-order valence-corrected chi connectivity index (χ3v) is 7.06. The fourth-order valence-electron chi connectivity index (χ4n) is 4.87. The number of rotatable bonds is 6. The van der Waals surface area contributed by atoms with Gasteiger partial charge in [0.15, 0.2) is 0 Å². The van der Waals surface area contributed by atoms with Gasteiger partial charge in [-0.15, -0.1) is 0 Å². The summed E-state index contributed by atoms with van der Waals surface area (Å²) in [6.45, 7) is 7.90.